The molecular weight excluding hydrogens is 490 g/mol. The molecule has 0 saturated heterocycles. The first kappa shape index (κ1) is 24.6. The number of carbonyl (C=O) groups is 1. The summed E-state index contributed by atoms with van der Waals surface area (Å²) in [6.45, 7) is 5.32. The highest BCUT2D eigenvalue weighted by Gasteiger charge is 2.35. The third-order valence-corrected chi connectivity index (χ3v) is 8.68. The predicted octanol–water partition coefficient (Wildman–Crippen LogP) is 4.85. The van der Waals surface area contributed by atoms with E-state index >= 15 is 0 Å². The summed E-state index contributed by atoms with van der Waals surface area (Å²) in [7, 11) is -3.84. The lowest BCUT2D eigenvalue weighted by Gasteiger charge is -2.33. The van der Waals surface area contributed by atoms with Crippen LogP contribution in [0, 0.1) is 20.8 Å². The van der Waals surface area contributed by atoms with Crippen molar-refractivity contribution in [3.8, 4) is 0 Å². The number of rotatable bonds is 7. The molecule has 0 aromatic heterocycles. The van der Waals surface area contributed by atoms with Crippen molar-refractivity contribution >= 4 is 38.1 Å². The number of hydrazone groups is 1. The van der Waals surface area contributed by atoms with E-state index in [1.54, 1.807) is 0 Å². The summed E-state index contributed by atoms with van der Waals surface area (Å²) in [5, 5.41) is 4.03. The van der Waals surface area contributed by atoms with E-state index in [9.17, 15) is 13.2 Å². The minimum absolute atomic E-state index is 0.188. The molecule has 1 aliphatic carbocycles. The van der Waals surface area contributed by atoms with Crippen LogP contribution in [0.5, 0.6) is 0 Å². The largest absolute Gasteiger partial charge is 0.272 e. The van der Waals surface area contributed by atoms with Gasteiger partial charge in [0.25, 0.3) is 5.91 Å². The molecule has 0 radical (unpaired) electrons. The molecule has 0 spiro atoms. The van der Waals surface area contributed by atoms with Crippen LogP contribution >= 0.6 is 15.9 Å². The van der Waals surface area contributed by atoms with Gasteiger partial charge in [0.15, 0.2) is 0 Å². The van der Waals surface area contributed by atoms with Gasteiger partial charge in [-0.05, 0) is 50.8 Å². The van der Waals surface area contributed by atoms with E-state index in [4.69, 9.17) is 0 Å². The number of nitrogens with zero attached hydrogens (tertiary/aromatic N) is 2. The lowest BCUT2D eigenvalue weighted by Crippen LogP contribution is -2.46. The fourth-order valence-corrected chi connectivity index (χ4v) is 6.84. The summed E-state index contributed by atoms with van der Waals surface area (Å²) < 4.78 is 29.8. The van der Waals surface area contributed by atoms with Gasteiger partial charge >= 0.3 is 0 Å². The molecule has 2 aromatic rings. The standard InChI is InChI=1S/C24H30BrN3O3S/c1-17-13-18(2)24(19(3)14-17)32(30,31)28(21-10-5-4-6-11-21)16-23(29)27-26-15-20-9-7-8-12-22(20)25/h7-9,12-15,21H,4-6,10-11,16H2,1-3H3,(H,27,29)/b26-15+. The van der Waals surface area contributed by atoms with E-state index in [1.165, 1.54) is 10.5 Å². The lowest BCUT2D eigenvalue weighted by atomic mass is 9.95. The minimum atomic E-state index is -3.84. The van der Waals surface area contributed by atoms with E-state index in [-0.39, 0.29) is 12.6 Å². The fourth-order valence-electron chi connectivity index (χ4n) is 4.40. The molecule has 3 rings (SSSR count). The molecule has 1 fully saturated rings. The maximum absolute atomic E-state index is 13.8. The molecule has 172 valence electrons. The summed E-state index contributed by atoms with van der Waals surface area (Å²) in [5.74, 6) is -0.454. The maximum atomic E-state index is 13.8. The molecule has 0 aliphatic heterocycles. The summed E-state index contributed by atoms with van der Waals surface area (Å²) in [6.07, 6.45) is 6.08. The van der Waals surface area contributed by atoms with E-state index in [0.29, 0.717) is 16.0 Å². The first-order chi connectivity index (χ1) is 15.2. The van der Waals surface area contributed by atoms with Crippen molar-refractivity contribution in [2.45, 2.75) is 63.8 Å². The number of sulfonamides is 1. The summed E-state index contributed by atoms with van der Waals surface area (Å²) >= 11 is 3.43. The third kappa shape index (κ3) is 5.85. The highest BCUT2D eigenvalue weighted by Crippen LogP contribution is 2.31. The normalized spacial score (nSPS) is 15.4. The zero-order valence-corrected chi connectivity index (χ0v) is 21.2. The minimum Gasteiger partial charge on any atom is -0.272 e. The first-order valence-electron chi connectivity index (χ1n) is 10.9. The Hall–Kier alpha value is -2.03. The Morgan fingerprint density at radius 3 is 2.38 bits per heavy atom. The Morgan fingerprint density at radius 1 is 1.12 bits per heavy atom. The van der Waals surface area contributed by atoms with Crippen LogP contribution in [0.3, 0.4) is 0 Å². The number of hydrogen-bond acceptors (Lipinski definition) is 4. The van der Waals surface area contributed by atoms with Crippen molar-refractivity contribution in [2.24, 2.45) is 5.10 Å². The molecule has 0 atom stereocenters. The molecule has 8 heteroatoms. The summed E-state index contributed by atoms with van der Waals surface area (Å²) in [4.78, 5) is 13.0. The SMILES string of the molecule is Cc1cc(C)c(S(=O)(=O)N(CC(=O)N/N=C/c2ccccc2Br)C2CCCCC2)c(C)c1. The smallest absolute Gasteiger partial charge is 0.255 e. The molecule has 1 aliphatic rings. The molecule has 0 heterocycles. The van der Waals surface area contributed by atoms with Gasteiger partial charge in [-0.15, -0.1) is 0 Å². The monoisotopic (exact) mass is 519 g/mol. The average molecular weight is 520 g/mol. The Balaban J connectivity index is 1.85. The molecule has 0 bridgehead atoms. The van der Waals surface area contributed by atoms with Gasteiger partial charge in [0.05, 0.1) is 17.7 Å². The van der Waals surface area contributed by atoms with Gasteiger partial charge in [-0.2, -0.15) is 9.41 Å². The second kappa shape index (κ2) is 10.7. The van der Waals surface area contributed by atoms with Crippen molar-refractivity contribution in [1.29, 1.82) is 0 Å². The highest BCUT2D eigenvalue weighted by molar-refractivity contribution is 9.10. The van der Waals surface area contributed by atoms with Crippen LogP contribution in [0.15, 0.2) is 50.9 Å². The van der Waals surface area contributed by atoms with E-state index in [1.807, 2.05) is 57.2 Å². The van der Waals surface area contributed by atoms with E-state index < -0.39 is 15.9 Å². The average Bonchev–Trinajstić information content (AvgIpc) is 2.73. The van der Waals surface area contributed by atoms with Crippen LogP contribution in [0.2, 0.25) is 0 Å². The van der Waals surface area contributed by atoms with Crippen LogP contribution in [0.1, 0.15) is 54.4 Å². The topological polar surface area (TPSA) is 78.8 Å². The number of aryl methyl sites for hydroxylation is 3. The van der Waals surface area contributed by atoms with Gasteiger partial charge in [0.1, 0.15) is 0 Å². The van der Waals surface area contributed by atoms with Crippen LogP contribution in [0.4, 0.5) is 0 Å². The first-order valence-corrected chi connectivity index (χ1v) is 13.1. The van der Waals surface area contributed by atoms with Crippen LogP contribution in [-0.2, 0) is 14.8 Å². The summed E-state index contributed by atoms with van der Waals surface area (Å²) in [5.41, 5.74) is 5.73. The van der Waals surface area contributed by atoms with E-state index in [2.05, 4.69) is 26.5 Å². The van der Waals surface area contributed by atoms with Crippen LogP contribution in [0.25, 0.3) is 0 Å². The Bertz CT molecular complexity index is 1090. The fraction of sp³-hybridized carbons (Fsp3) is 0.417. The molecule has 1 N–H and O–H groups in total. The maximum Gasteiger partial charge on any atom is 0.255 e. The molecule has 1 saturated carbocycles. The van der Waals surface area contributed by atoms with Crippen molar-refractivity contribution in [1.82, 2.24) is 9.73 Å². The number of halogens is 1. The van der Waals surface area contributed by atoms with Gasteiger partial charge in [-0.3, -0.25) is 4.79 Å². The summed E-state index contributed by atoms with van der Waals surface area (Å²) in [6, 6.07) is 11.1. The second-order valence-corrected chi connectivity index (χ2v) is 11.1. The predicted molar refractivity (Wildman–Crippen MR) is 131 cm³/mol. The van der Waals surface area contributed by atoms with Gasteiger partial charge in [0.2, 0.25) is 10.0 Å². The lowest BCUT2D eigenvalue weighted by molar-refractivity contribution is -0.121. The van der Waals surface area contributed by atoms with Crippen molar-refractivity contribution < 1.29 is 13.2 Å². The molecular formula is C24H30BrN3O3S. The van der Waals surface area contributed by atoms with Crippen molar-refractivity contribution in [3.05, 3.63) is 63.1 Å². The van der Waals surface area contributed by atoms with Gasteiger partial charge in [-0.25, -0.2) is 13.8 Å². The Morgan fingerprint density at radius 2 is 1.75 bits per heavy atom. The number of amides is 1. The Labute approximate surface area is 199 Å². The molecule has 0 unspecified atom stereocenters. The van der Waals surface area contributed by atoms with Gasteiger partial charge in [-0.1, -0.05) is 71.1 Å². The number of hydrogen-bond donors (Lipinski definition) is 1. The molecule has 32 heavy (non-hydrogen) atoms. The zero-order chi connectivity index (χ0) is 23.3. The zero-order valence-electron chi connectivity index (χ0n) is 18.8. The number of nitrogens with one attached hydrogen (secondary N) is 1. The van der Waals surface area contributed by atoms with E-state index in [0.717, 1.165) is 47.7 Å². The van der Waals surface area contributed by atoms with Crippen LogP contribution in [-0.4, -0.2) is 37.4 Å². The highest BCUT2D eigenvalue weighted by atomic mass is 79.9. The van der Waals surface area contributed by atoms with Gasteiger partial charge < -0.3 is 0 Å². The third-order valence-electron chi connectivity index (χ3n) is 5.75. The number of benzene rings is 2. The van der Waals surface area contributed by atoms with Gasteiger partial charge in [0, 0.05) is 16.1 Å². The van der Waals surface area contributed by atoms with Crippen molar-refractivity contribution in [2.75, 3.05) is 6.54 Å². The van der Waals surface area contributed by atoms with Crippen LogP contribution < -0.4 is 5.43 Å². The van der Waals surface area contributed by atoms with Crippen molar-refractivity contribution in [3.63, 3.8) is 0 Å². The quantitative estimate of drug-likeness (QED) is 0.419. The number of carbonyl (C=O) groups excluding carboxylic acids is 1. The second-order valence-electron chi connectivity index (χ2n) is 8.38. The molecule has 1 amide bonds. The Kier molecular flexibility index (Phi) is 8.25. The molecule has 2 aromatic carbocycles. The molecule has 6 nitrogen and oxygen atoms in total.